The Morgan fingerprint density at radius 1 is 0.931 bits per heavy atom. The predicted molar refractivity (Wildman–Crippen MR) is 232 cm³/mol. The van der Waals surface area contributed by atoms with Gasteiger partial charge in [0.15, 0.2) is 10.8 Å². The molecule has 2 aliphatic rings. The van der Waals surface area contributed by atoms with Gasteiger partial charge < -0.3 is 14.4 Å². The quantitative estimate of drug-likeness (QED) is 0.123. The number of pyridine rings is 1. The number of carbonyl (C=O) groups is 3. The van der Waals surface area contributed by atoms with Gasteiger partial charge in [0.2, 0.25) is 0 Å². The van der Waals surface area contributed by atoms with Gasteiger partial charge in [0.25, 0.3) is 5.91 Å². The summed E-state index contributed by atoms with van der Waals surface area (Å²) in [6.07, 6.45) is 4.95. The lowest BCUT2D eigenvalue weighted by molar-refractivity contribution is -0.144. The van der Waals surface area contributed by atoms with Gasteiger partial charge in [-0.2, -0.15) is 0 Å². The van der Waals surface area contributed by atoms with Gasteiger partial charge in [-0.25, -0.2) is 14.8 Å². The molecule has 1 fully saturated rings. The lowest BCUT2D eigenvalue weighted by Crippen LogP contribution is -2.38. The number of piperidine rings is 1. The van der Waals surface area contributed by atoms with Crippen LogP contribution in [0.2, 0.25) is 0 Å². The first-order valence-electron chi connectivity index (χ1n) is 20.6. The molecule has 4 heterocycles. The lowest BCUT2D eigenvalue weighted by atomic mass is 9.83. The highest BCUT2D eigenvalue weighted by Gasteiger charge is 2.28. The summed E-state index contributed by atoms with van der Waals surface area (Å²) in [5.41, 5.74) is 7.20. The van der Waals surface area contributed by atoms with Crippen LogP contribution in [0.15, 0.2) is 72.8 Å². The molecule has 7 rings (SSSR count). The van der Waals surface area contributed by atoms with Gasteiger partial charge in [0.05, 0.1) is 23.4 Å². The number of likely N-dealkylation sites (tertiary alicyclic amines) is 1. The Balaban J connectivity index is 1.09. The van der Waals surface area contributed by atoms with E-state index in [1.165, 1.54) is 16.9 Å². The molecule has 1 saturated heterocycles. The van der Waals surface area contributed by atoms with E-state index in [4.69, 9.17) is 14.5 Å². The number of benzene rings is 3. The lowest BCUT2D eigenvalue weighted by Gasteiger charge is -2.32. The maximum absolute atomic E-state index is 14.0. The third-order valence-electron chi connectivity index (χ3n) is 11.2. The van der Waals surface area contributed by atoms with Crippen LogP contribution < -0.4 is 10.2 Å². The SMILES string of the molecule is CCOC(=O)CN1CCC(C[C@H](C)Cc2cccc(-c3ccc(N4CCc5cccc(C(=O)Nc6nc7ccccc7s6)c5C4)nc3C(=O)OC(C)(C)C)c2C)CC1. The topological polar surface area (TPSA) is 114 Å². The van der Waals surface area contributed by atoms with Crippen molar-refractivity contribution in [2.75, 3.05) is 43.0 Å². The molecule has 0 unspecified atom stereocenters. The number of ether oxygens (including phenoxy) is 2. The number of anilines is 2. The molecule has 3 aromatic carbocycles. The second-order valence-corrected chi connectivity index (χ2v) is 17.8. The number of para-hydroxylation sites is 1. The minimum absolute atomic E-state index is 0.140. The summed E-state index contributed by atoms with van der Waals surface area (Å²) in [6.45, 7) is 15.7. The van der Waals surface area contributed by atoms with Gasteiger partial charge in [-0.15, -0.1) is 0 Å². The zero-order valence-electron chi connectivity index (χ0n) is 34.6. The first-order valence-corrected chi connectivity index (χ1v) is 21.4. The minimum atomic E-state index is -0.705. The third kappa shape index (κ3) is 9.76. The highest BCUT2D eigenvalue weighted by Crippen LogP contribution is 2.35. The van der Waals surface area contributed by atoms with E-state index in [0.717, 1.165) is 83.2 Å². The summed E-state index contributed by atoms with van der Waals surface area (Å²) >= 11 is 1.46. The third-order valence-corrected chi connectivity index (χ3v) is 12.2. The normalized spacial score (nSPS) is 15.5. The largest absolute Gasteiger partial charge is 0.465 e. The molecule has 5 aromatic rings. The van der Waals surface area contributed by atoms with Crippen LogP contribution >= 0.6 is 11.3 Å². The molecule has 2 aliphatic heterocycles. The van der Waals surface area contributed by atoms with Crippen LogP contribution in [0.5, 0.6) is 0 Å². The number of esters is 2. The monoisotopic (exact) mass is 801 g/mol. The van der Waals surface area contributed by atoms with E-state index in [2.05, 4.69) is 58.2 Å². The summed E-state index contributed by atoms with van der Waals surface area (Å²) in [5.74, 6) is 0.947. The molecule has 0 saturated carbocycles. The number of nitrogens with zero attached hydrogens (tertiary/aromatic N) is 4. The number of nitrogens with one attached hydrogen (secondary N) is 1. The molecule has 0 aliphatic carbocycles. The van der Waals surface area contributed by atoms with E-state index in [0.29, 0.717) is 54.6 Å². The molecule has 0 spiro atoms. The summed E-state index contributed by atoms with van der Waals surface area (Å²) in [5, 5.41) is 3.60. The van der Waals surface area contributed by atoms with E-state index < -0.39 is 11.6 Å². The van der Waals surface area contributed by atoms with Crippen molar-refractivity contribution in [3.8, 4) is 11.1 Å². The molecule has 304 valence electrons. The van der Waals surface area contributed by atoms with Crippen molar-refractivity contribution in [1.29, 1.82) is 0 Å². The van der Waals surface area contributed by atoms with Crippen molar-refractivity contribution >= 4 is 50.3 Å². The highest BCUT2D eigenvalue weighted by molar-refractivity contribution is 7.22. The van der Waals surface area contributed by atoms with Crippen molar-refractivity contribution in [1.82, 2.24) is 14.9 Å². The van der Waals surface area contributed by atoms with Gasteiger partial charge in [0.1, 0.15) is 11.4 Å². The fourth-order valence-corrected chi connectivity index (χ4v) is 9.26. The Kier molecular flexibility index (Phi) is 12.6. The van der Waals surface area contributed by atoms with Gasteiger partial charge in [-0.05, 0) is 150 Å². The fraction of sp³-hybridized carbons (Fsp3) is 0.426. The Morgan fingerprint density at radius 3 is 2.47 bits per heavy atom. The number of amides is 1. The maximum Gasteiger partial charge on any atom is 0.358 e. The number of thiazole rings is 1. The standard InChI is InChI=1S/C47H55N5O5S/c1-7-56-42(53)29-51-23-20-32(21-24-51)26-30(2)27-34-13-11-14-35(31(34)3)36-18-19-41(49-43(36)45(55)57-47(4,5)6)52-25-22-33-12-10-15-37(38(33)28-52)44(54)50-46-48-39-16-8-9-17-40(39)58-46/h8-19,30,32H,7,20-29H2,1-6H3,(H,48,50,54)/t30-/m0/s1. The molecular formula is C47H55N5O5S. The minimum Gasteiger partial charge on any atom is -0.465 e. The summed E-state index contributed by atoms with van der Waals surface area (Å²) in [4.78, 5) is 53.7. The number of rotatable bonds is 12. The van der Waals surface area contributed by atoms with Gasteiger partial charge in [0, 0.05) is 24.2 Å². The van der Waals surface area contributed by atoms with Crippen LogP contribution in [0, 0.1) is 18.8 Å². The van der Waals surface area contributed by atoms with Gasteiger partial charge >= 0.3 is 11.9 Å². The first kappa shape index (κ1) is 41.0. The second-order valence-electron chi connectivity index (χ2n) is 16.8. The predicted octanol–water partition coefficient (Wildman–Crippen LogP) is 9.28. The fourth-order valence-electron chi connectivity index (χ4n) is 8.40. The number of fused-ring (bicyclic) bond motifs is 2. The number of carbonyl (C=O) groups excluding carboxylic acids is 3. The average molecular weight is 802 g/mol. The number of aromatic nitrogens is 2. The average Bonchev–Trinajstić information content (AvgIpc) is 3.60. The van der Waals surface area contributed by atoms with Crippen LogP contribution in [-0.2, 0) is 33.7 Å². The molecule has 1 amide bonds. The van der Waals surface area contributed by atoms with E-state index in [9.17, 15) is 14.4 Å². The molecule has 10 nitrogen and oxygen atoms in total. The number of hydrogen-bond donors (Lipinski definition) is 1. The van der Waals surface area contributed by atoms with Crippen LogP contribution in [0.3, 0.4) is 0 Å². The van der Waals surface area contributed by atoms with Crippen molar-refractivity contribution in [2.24, 2.45) is 11.8 Å². The number of hydrogen-bond acceptors (Lipinski definition) is 10. The molecule has 2 aromatic heterocycles. The molecular weight excluding hydrogens is 747 g/mol. The van der Waals surface area contributed by atoms with Crippen LogP contribution in [-0.4, -0.2) is 71.1 Å². The zero-order valence-corrected chi connectivity index (χ0v) is 35.4. The molecule has 0 radical (unpaired) electrons. The van der Waals surface area contributed by atoms with Gasteiger partial charge in [-0.1, -0.05) is 60.7 Å². The van der Waals surface area contributed by atoms with Crippen LogP contribution in [0.1, 0.15) is 97.0 Å². The summed E-state index contributed by atoms with van der Waals surface area (Å²) < 4.78 is 12.1. The van der Waals surface area contributed by atoms with Crippen molar-refractivity contribution in [3.05, 3.63) is 106 Å². The van der Waals surface area contributed by atoms with E-state index >= 15 is 0 Å². The Hall–Kier alpha value is -5.13. The summed E-state index contributed by atoms with van der Waals surface area (Å²) in [6, 6.07) is 24.1. The molecule has 1 atom stereocenters. The molecule has 58 heavy (non-hydrogen) atoms. The van der Waals surface area contributed by atoms with Crippen molar-refractivity contribution < 1.29 is 23.9 Å². The highest BCUT2D eigenvalue weighted by atomic mass is 32.1. The molecule has 11 heteroatoms. The zero-order chi connectivity index (χ0) is 41.0. The second kappa shape index (κ2) is 17.8. The molecule has 1 N–H and O–H groups in total. The Labute approximate surface area is 346 Å². The Morgan fingerprint density at radius 2 is 1.71 bits per heavy atom. The maximum atomic E-state index is 14.0. The smallest absolute Gasteiger partial charge is 0.358 e. The summed E-state index contributed by atoms with van der Waals surface area (Å²) in [7, 11) is 0. The van der Waals surface area contributed by atoms with Crippen LogP contribution in [0.4, 0.5) is 10.9 Å². The van der Waals surface area contributed by atoms with Gasteiger partial charge in [-0.3, -0.25) is 19.8 Å². The van der Waals surface area contributed by atoms with E-state index in [-0.39, 0.29) is 17.6 Å². The first-order chi connectivity index (χ1) is 27.8. The Bertz CT molecular complexity index is 2260. The molecule has 0 bridgehead atoms. The van der Waals surface area contributed by atoms with Crippen molar-refractivity contribution in [3.63, 3.8) is 0 Å². The van der Waals surface area contributed by atoms with E-state index in [1.54, 1.807) is 0 Å². The van der Waals surface area contributed by atoms with Crippen LogP contribution in [0.25, 0.3) is 21.3 Å². The van der Waals surface area contributed by atoms with E-state index in [1.807, 2.05) is 76.2 Å². The van der Waals surface area contributed by atoms with Crippen molar-refractivity contribution in [2.45, 2.75) is 85.8 Å².